The van der Waals surface area contributed by atoms with Crippen molar-refractivity contribution in [2.24, 2.45) is 0 Å². The molecule has 216 valence electrons. The molecule has 2 N–H and O–H groups in total. The van der Waals surface area contributed by atoms with Gasteiger partial charge in [0.2, 0.25) is 0 Å². The Morgan fingerprint density at radius 2 is 1.60 bits per heavy atom. The molecule has 1 saturated heterocycles. The van der Waals surface area contributed by atoms with Gasteiger partial charge in [0.15, 0.2) is 11.6 Å². The molecule has 1 aliphatic carbocycles. The van der Waals surface area contributed by atoms with Crippen LogP contribution < -0.4 is 20.4 Å². The smallest absolute Gasteiger partial charge is 0.277 e. The first-order valence-corrected chi connectivity index (χ1v) is 15.9. The van der Waals surface area contributed by atoms with E-state index in [0.29, 0.717) is 29.6 Å². The number of halogens is 1. The zero-order valence-electron chi connectivity index (χ0n) is 23.6. The average Bonchev–Trinajstić information content (AvgIpc) is 3.76. The summed E-state index contributed by atoms with van der Waals surface area (Å²) in [5.74, 6) is 0.388. The van der Waals surface area contributed by atoms with Crippen LogP contribution in [-0.4, -0.2) is 43.0 Å². The van der Waals surface area contributed by atoms with Gasteiger partial charge < -0.3 is 24.9 Å². The number of piperazine rings is 1. The molecule has 42 heavy (non-hydrogen) atoms. The van der Waals surface area contributed by atoms with Crippen molar-refractivity contribution in [1.82, 2.24) is 10.3 Å². The molecule has 0 unspecified atom stereocenters. The van der Waals surface area contributed by atoms with E-state index in [1.54, 1.807) is 6.07 Å². The van der Waals surface area contributed by atoms with Crippen LogP contribution in [0.1, 0.15) is 62.2 Å². The molecule has 4 aromatic rings. The zero-order valence-corrected chi connectivity index (χ0v) is 25.8. The van der Waals surface area contributed by atoms with Crippen molar-refractivity contribution in [2.45, 2.75) is 36.7 Å². The Balaban J connectivity index is 1.20. The first-order valence-electron chi connectivity index (χ1n) is 14.4. The van der Waals surface area contributed by atoms with Crippen molar-refractivity contribution >= 4 is 51.5 Å². The van der Waals surface area contributed by atoms with Crippen LogP contribution in [0.25, 0.3) is 0 Å². The molecule has 2 aliphatic rings. The number of anilines is 3. The van der Waals surface area contributed by atoms with Crippen LogP contribution in [0.15, 0.2) is 77.4 Å². The Morgan fingerprint density at radius 1 is 0.905 bits per heavy atom. The maximum Gasteiger partial charge on any atom is 0.277 e. The molecular formula is C33H34IN5O3. The van der Waals surface area contributed by atoms with Crippen LogP contribution in [0.4, 0.5) is 17.1 Å². The van der Waals surface area contributed by atoms with E-state index in [-0.39, 0.29) is 17.5 Å². The third kappa shape index (κ3) is 6.46. The van der Waals surface area contributed by atoms with Crippen molar-refractivity contribution in [3.8, 4) is 0 Å². The summed E-state index contributed by atoms with van der Waals surface area (Å²) in [6.45, 7) is 5.83. The van der Waals surface area contributed by atoms with Gasteiger partial charge in [-0.25, -0.2) is 4.98 Å². The van der Waals surface area contributed by atoms with Crippen molar-refractivity contribution in [1.29, 1.82) is 0 Å². The van der Waals surface area contributed by atoms with E-state index in [4.69, 9.17) is 4.42 Å². The van der Waals surface area contributed by atoms with Gasteiger partial charge in [-0.05, 0) is 60.7 Å². The van der Waals surface area contributed by atoms with Gasteiger partial charge in [0.25, 0.3) is 11.8 Å². The molecule has 1 aromatic heterocycles. The number of nitrogens with zero attached hydrogens (tertiary/aromatic N) is 3. The number of aromatic nitrogens is 1. The summed E-state index contributed by atoms with van der Waals surface area (Å²) < 4.78 is 6.50. The molecule has 2 fully saturated rings. The molecule has 9 heteroatoms. The molecular weight excluding hydrogens is 641 g/mol. The van der Waals surface area contributed by atoms with Gasteiger partial charge in [0, 0.05) is 54.3 Å². The summed E-state index contributed by atoms with van der Waals surface area (Å²) in [5.41, 5.74) is 6.98. The van der Waals surface area contributed by atoms with Gasteiger partial charge in [0.1, 0.15) is 6.26 Å². The number of amides is 2. The topological polar surface area (TPSA) is 90.7 Å². The van der Waals surface area contributed by atoms with Crippen LogP contribution >= 0.6 is 22.6 Å². The van der Waals surface area contributed by atoms with Crippen LogP contribution in [-0.2, 0) is 11.0 Å². The molecule has 6 rings (SSSR count). The highest BCUT2D eigenvalue weighted by Crippen LogP contribution is 2.39. The molecule has 0 spiro atoms. The summed E-state index contributed by atoms with van der Waals surface area (Å²) in [4.78, 5) is 35.5. The van der Waals surface area contributed by atoms with E-state index in [1.165, 1.54) is 23.1 Å². The number of carbonyl (C=O) groups is 2. The maximum atomic E-state index is 13.3. The number of carbonyl (C=O) groups excluding carboxylic acids is 2. The van der Waals surface area contributed by atoms with Gasteiger partial charge in [0.05, 0.1) is 11.4 Å². The number of para-hydroxylation sites is 1. The first-order chi connectivity index (χ1) is 20.5. The largest absolute Gasteiger partial charge is 0.448 e. The van der Waals surface area contributed by atoms with Crippen molar-refractivity contribution in [3.05, 3.63) is 107 Å². The predicted octanol–water partition coefficient (Wildman–Crippen LogP) is 6.30. The minimum Gasteiger partial charge on any atom is -0.448 e. The van der Waals surface area contributed by atoms with Gasteiger partial charge >= 0.3 is 0 Å². The number of hydrogen-bond donors (Lipinski definition) is 2. The Bertz CT molecular complexity index is 1570. The minimum atomic E-state index is -0.349. The van der Waals surface area contributed by atoms with Gasteiger partial charge in [-0.15, -0.1) is 0 Å². The van der Waals surface area contributed by atoms with Crippen molar-refractivity contribution in [3.63, 3.8) is 0 Å². The fraction of sp³-hybridized carbons (Fsp3) is 0.303. The number of aryl methyl sites for hydroxylation is 1. The van der Waals surface area contributed by atoms with E-state index in [0.717, 1.165) is 54.7 Å². The summed E-state index contributed by atoms with van der Waals surface area (Å²) in [6, 6.07) is 22.2. The number of hydrogen-bond acceptors (Lipinski definition) is 6. The lowest BCUT2D eigenvalue weighted by Crippen LogP contribution is -2.47. The van der Waals surface area contributed by atoms with Crippen LogP contribution in [0, 0.1) is 6.92 Å². The number of nitrogens with one attached hydrogen (secondary N) is 2. The predicted molar refractivity (Wildman–Crippen MR) is 174 cm³/mol. The minimum absolute atomic E-state index is 0.197. The summed E-state index contributed by atoms with van der Waals surface area (Å²) in [5, 5.41) is 6.05. The number of benzene rings is 3. The Hall–Kier alpha value is -3.86. The lowest BCUT2D eigenvalue weighted by Gasteiger charge is -2.38. The highest BCUT2D eigenvalue weighted by molar-refractivity contribution is 14.1. The quantitative estimate of drug-likeness (QED) is 0.160. The van der Waals surface area contributed by atoms with Crippen molar-refractivity contribution in [2.75, 3.05) is 41.3 Å². The number of oxazole rings is 1. The standard InChI is InChI=1S/C33H34IN5O3/c1-22-4-2-3-5-29(22)38-14-16-39(17-15-38)30-13-12-26(31(40)35-20-24-8-6-23(19-34)7-9-24)18-27(30)36-32(41)28-21-42-33(37-28)25-10-11-25/h2-9,12-13,18,21,25H,10-11,14-17,19-20H2,1H3,(H,35,40)(H,36,41). The van der Waals surface area contributed by atoms with Crippen molar-refractivity contribution < 1.29 is 14.0 Å². The molecule has 2 amide bonds. The zero-order chi connectivity index (χ0) is 29.1. The average molecular weight is 676 g/mol. The first kappa shape index (κ1) is 28.3. The molecule has 0 atom stereocenters. The van der Waals surface area contributed by atoms with Gasteiger partial charge in [-0.3, -0.25) is 9.59 Å². The van der Waals surface area contributed by atoms with Crippen LogP contribution in [0.2, 0.25) is 0 Å². The molecule has 0 bridgehead atoms. The highest BCUT2D eigenvalue weighted by atomic mass is 127. The van der Waals surface area contributed by atoms with Crippen LogP contribution in [0.3, 0.4) is 0 Å². The molecule has 1 aliphatic heterocycles. The second-order valence-corrected chi connectivity index (χ2v) is 11.7. The summed E-state index contributed by atoms with van der Waals surface area (Å²) in [6.07, 6.45) is 3.50. The van der Waals surface area contributed by atoms with E-state index >= 15 is 0 Å². The lowest BCUT2D eigenvalue weighted by atomic mass is 10.1. The number of rotatable bonds is 9. The summed E-state index contributed by atoms with van der Waals surface area (Å²) in [7, 11) is 0. The van der Waals surface area contributed by atoms with Gasteiger partial charge in [-0.2, -0.15) is 0 Å². The van der Waals surface area contributed by atoms with E-state index in [1.807, 2.05) is 24.3 Å². The fourth-order valence-electron chi connectivity index (χ4n) is 5.29. The maximum absolute atomic E-state index is 13.3. The second-order valence-electron chi connectivity index (χ2n) is 10.9. The van der Waals surface area contributed by atoms with Crippen LogP contribution in [0.5, 0.6) is 0 Å². The second kappa shape index (κ2) is 12.6. The SMILES string of the molecule is Cc1ccccc1N1CCN(c2ccc(C(=O)NCc3ccc(CI)cc3)cc2NC(=O)c2coc(C3CC3)n2)CC1. The van der Waals surface area contributed by atoms with Gasteiger partial charge in [-0.1, -0.05) is 65.1 Å². The molecule has 0 radical (unpaired) electrons. The lowest BCUT2D eigenvalue weighted by molar-refractivity contribution is 0.0949. The van der Waals surface area contributed by atoms with E-state index < -0.39 is 0 Å². The monoisotopic (exact) mass is 675 g/mol. The Labute approximate surface area is 259 Å². The normalized spacial score (nSPS) is 15.0. The summed E-state index contributed by atoms with van der Waals surface area (Å²) >= 11 is 2.33. The molecule has 1 saturated carbocycles. The third-order valence-corrected chi connectivity index (χ3v) is 8.78. The Kier molecular flexibility index (Phi) is 8.46. The molecule has 8 nitrogen and oxygen atoms in total. The van der Waals surface area contributed by atoms with E-state index in [2.05, 4.69) is 91.3 Å². The number of alkyl halides is 1. The third-order valence-electron chi connectivity index (χ3n) is 7.89. The fourth-order valence-corrected chi connectivity index (χ4v) is 5.79. The Morgan fingerprint density at radius 3 is 2.29 bits per heavy atom. The highest BCUT2D eigenvalue weighted by Gasteiger charge is 2.30. The molecule has 2 heterocycles. The van der Waals surface area contributed by atoms with E-state index in [9.17, 15) is 9.59 Å². The molecule has 3 aromatic carbocycles.